The number of anilines is 1. The van der Waals surface area contributed by atoms with Gasteiger partial charge >= 0.3 is 0 Å². The Morgan fingerprint density at radius 1 is 1.44 bits per heavy atom. The number of sulfonamides is 1. The minimum Gasteiger partial charge on any atom is -0.379 e. The molecule has 0 bridgehead atoms. The smallest absolute Gasteiger partial charge is 0.238 e. The molecule has 88 valence electrons. The molecule has 5 nitrogen and oxygen atoms in total. The quantitative estimate of drug-likeness (QED) is 0.697. The lowest BCUT2D eigenvalue weighted by molar-refractivity contribution is 0.472. The molecule has 0 atom stereocenters. The average Bonchev–Trinajstić information content (AvgIpc) is 2.11. The molecule has 0 spiro atoms. The van der Waals surface area contributed by atoms with Gasteiger partial charge in [0.15, 0.2) is 0 Å². The average molecular weight is 241 g/mol. The SMILES string of the molecule is Cc1c(NC2CNC2)cccc1S(N)(=O)=O. The predicted octanol–water partition coefficient (Wildman–Crippen LogP) is 0.0261. The van der Waals surface area contributed by atoms with Crippen LogP contribution in [0.5, 0.6) is 0 Å². The zero-order valence-corrected chi connectivity index (χ0v) is 9.84. The van der Waals surface area contributed by atoms with E-state index in [0.717, 1.165) is 18.8 Å². The van der Waals surface area contributed by atoms with Gasteiger partial charge in [-0.25, -0.2) is 13.6 Å². The van der Waals surface area contributed by atoms with Crippen LogP contribution in [0.2, 0.25) is 0 Å². The van der Waals surface area contributed by atoms with Crippen molar-refractivity contribution in [3.63, 3.8) is 0 Å². The second-order valence-corrected chi connectivity index (χ2v) is 5.50. The fraction of sp³-hybridized carbons (Fsp3) is 0.400. The van der Waals surface area contributed by atoms with E-state index in [1.54, 1.807) is 13.0 Å². The van der Waals surface area contributed by atoms with E-state index in [2.05, 4.69) is 10.6 Å². The van der Waals surface area contributed by atoms with Gasteiger partial charge in [-0.3, -0.25) is 0 Å². The number of hydrogen-bond donors (Lipinski definition) is 3. The fourth-order valence-corrected chi connectivity index (χ4v) is 2.49. The number of benzene rings is 1. The molecular formula is C10H15N3O2S. The van der Waals surface area contributed by atoms with Crippen molar-refractivity contribution in [2.24, 2.45) is 5.14 Å². The highest BCUT2D eigenvalue weighted by Gasteiger charge is 2.19. The zero-order chi connectivity index (χ0) is 11.8. The van der Waals surface area contributed by atoms with Crippen molar-refractivity contribution in [1.82, 2.24) is 5.32 Å². The molecule has 4 N–H and O–H groups in total. The normalized spacial score (nSPS) is 16.9. The highest BCUT2D eigenvalue weighted by molar-refractivity contribution is 7.89. The minimum atomic E-state index is -3.64. The maximum absolute atomic E-state index is 11.3. The van der Waals surface area contributed by atoms with E-state index in [0.29, 0.717) is 11.6 Å². The van der Waals surface area contributed by atoms with Gasteiger partial charge in [0.25, 0.3) is 0 Å². The molecule has 0 saturated carbocycles. The lowest BCUT2D eigenvalue weighted by Gasteiger charge is -2.29. The van der Waals surface area contributed by atoms with Crippen molar-refractivity contribution < 1.29 is 8.42 Å². The van der Waals surface area contributed by atoms with Gasteiger partial charge in [0.1, 0.15) is 0 Å². The lowest BCUT2D eigenvalue weighted by Crippen LogP contribution is -2.51. The standard InChI is InChI=1S/C10H15N3O2S/c1-7-9(13-8-5-12-6-8)3-2-4-10(7)16(11,14)15/h2-4,8,12-13H,5-6H2,1H3,(H2,11,14,15). The van der Waals surface area contributed by atoms with Crippen molar-refractivity contribution in [3.8, 4) is 0 Å². The van der Waals surface area contributed by atoms with E-state index in [9.17, 15) is 8.42 Å². The van der Waals surface area contributed by atoms with E-state index in [4.69, 9.17) is 5.14 Å². The molecule has 0 aromatic heterocycles. The Kier molecular flexibility index (Phi) is 2.88. The third-order valence-corrected chi connectivity index (χ3v) is 3.79. The van der Waals surface area contributed by atoms with Crippen molar-refractivity contribution in [2.45, 2.75) is 17.9 Å². The van der Waals surface area contributed by atoms with Gasteiger partial charge in [-0.15, -0.1) is 0 Å². The first-order valence-corrected chi connectivity index (χ1v) is 6.63. The molecule has 1 saturated heterocycles. The second-order valence-electron chi connectivity index (χ2n) is 3.97. The summed E-state index contributed by atoms with van der Waals surface area (Å²) in [6, 6.07) is 5.45. The molecule has 0 aliphatic carbocycles. The predicted molar refractivity (Wildman–Crippen MR) is 62.8 cm³/mol. The molecular weight excluding hydrogens is 226 g/mol. The molecule has 1 aromatic carbocycles. The molecule has 6 heteroatoms. The van der Waals surface area contributed by atoms with Crippen LogP contribution in [0, 0.1) is 6.92 Å². The van der Waals surface area contributed by atoms with E-state index >= 15 is 0 Å². The van der Waals surface area contributed by atoms with E-state index in [1.807, 2.05) is 6.07 Å². The van der Waals surface area contributed by atoms with Crippen LogP contribution in [0.3, 0.4) is 0 Å². The summed E-state index contributed by atoms with van der Waals surface area (Å²) in [5, 5.41) is 11.6. The van der Waals surface area contributed by atoms with Crippen LogP contribution in [-0.4, -0.2) is 27.5 Å². The summed E-state index contributed by atoms with van der Waals surface area (Å²) in [6.45, 7) is 3.56. The summed E-state index contributed by atoms with van der Waals surface area (Å²) in [5.74, 6) is 0. The van der Waals surface area contributed by atoms with Gasteiger partial charge in [0.05, 0.1) is 10.9 Å². The molecule has 1 aliphatic rings. The minimum absolute atomic E-state index is 0.185. The molecule has 0 amide bonds. The highest BCUT2D eigenvalue weighted by Crippen LogP contribution is 2.22. The van der Waals surface area contributed by atoms with E-state index in [-0.39, 0.29) is 4.90 Å². The first kappa shape index (κ1) is 11.4. The first-order valence-electron chi connectivity index (χ1n) is 5.08. The summed E-state index contributed by atoms with van der Waals surface area (Å²) in [5.41, 5.74) is 1.51. The van der Waals surface area contributed by atoms with Crippen molar-refractivity contribution >= 4 is 15.7 Å². The number of primary sulfonamides is 1. The molecule has 0 radical (unpaired) electrons. The van der Waals surface area contributed by atoms with Crippen LogP contribution >= 0.6 is 0 Å². The van der Waals surface area contributed by atoms with Gasteiger partial charge in [-0.1, -0.05) is 6.07 Å². The Morgan fingerprint density at radius 3 is 2.62 bits per heavy atom. The van der Waals surface area contributed by atoms with Crippen molar-refractivity contribution in [2.75, 3.05) is 18.4 Å². The Morgan fingerprint density at radius 2 is 2.12 bits per heavy atom. The van der Waals surface area contributed by atoms with Crippen LogP contribution < -0.4 is 15.8 Å². The summed E-state index contributed by atoms with van der Waals surface area (Å²) < 4.78 is 22.6. The number of nitrogens with two attached hydrogens (primary N) is 1. The largest absolute Gasteiger partial charge is 0.379 e. The third-order valence-electron chi connectivity index (χ3n) is 2.73. The highest BCUT2D eigenvalue weighted by atomic mass is 32.2. The molecule has 1 heterocycles. The summed E-state index contributed by atoms with van der Waals surface area (Å²) >= 11 is 0. The van der Waals surface area contributed by atoms with Gasteiger partial charge in [0, 0.05) is 18.8 Å². The van der Waals surface area contributed by atoms with E-state index < -0.39 is 10.0 Å². The second kappa shape index (κ2) is 4.04. The maximum atomic E-state index is 11.3. The van der Waals surface area contributed by atoms with Crippen LogP contribution in [0.4, 0.5) is 5.69 Å². The van der Waals surface area contributed by atoms with Crippen LogP contribution in [0.1, 0.15) is 5.56 Å². The van der Waals surface area contributed by atoms with Gasteiger partial charge in [-0.2, -0.15) is 0 Å². The Labute approximate surface area is 95.1 Å². The van der Waals surface area contributed by atoms with Gasteiger partial charge in [0.2, 0.25) is 10.0 Å². The third kappa shape index (κ3) is 2.18. The molecule has 16 heavy (non-hydrogen) atoms. The number of hydrogen-bond acceptors (Lipinski definition) is 4. The van der Waals surface area contributed by atoms with Crippen LogP contribution in [-0.2, 0) is 10.0 Å². The van der Waals surface area contributed by atoms with Crippen molar-refractivity contribution in [3.05, 3.63) is 23.8 Å². The number of nitrogens with one attached hydrogen (secondary N) is 2. The van der Waals surface area contributed by atoms with Crippen molar-refractivity contribution in [1.29, 1.82) is 0 Å². The number of rotatable bonds is 3. The molecule has 2 rings (SSSR count). The Balaban J connectivity index is 2.32. The van der Waals surface area contributed by atoms with Crippen LogP contribution in [0.15, 0.2) is 23.1 Å². The molecule has 1 aliphatic heterocycles. The first-order chi connectivity index (χ1) is 7.48. The molecule has 1 fully saturated rings. The monoisotopic (exact) mass is 241 g/mol. The summed E-state index contributed by atoms with van der Waals surface area (Å²) in [7, 11) is -3.64. The topological polar surface area (TPSA) is 84.2 Å². The van der Waals surface area contributed by atoms with Gasteiger partial charge in [-0.05, 0) is 24.6 Å². The summed E-state index contributed by atoms with van der Waals surface area (Å²) in [6.07, 6.45) is 0. The molecule has 1 aromatic rings. The molecule has 0 unspecified atom stereocenters. The lowest BCUT2D eigenvalue weighted by atomic mass is 10.1. The zero-order valence-electron chi connectivity index (χ0n) is 9.03. The fourth-order valence-electron chi connectivity index (χ4n) is 1.69. The Bertz CT molecular complexity index is 495. The Hall–Kier alpha value is -1.11. The van der Waals surface area contributed by atoms with Crippen LogP contribution in [0.25, 0.3) is 0 Å². The maximum Gasteiger partial charge on any atom is 0.238 e. The van der Waals surface area contributed by atoms with Gasteiger partial charge < -0.3 is 10.6 Å². The summed E-state index contributed by atoms with van der Waals surface area (Å²) in [4.78, 5) is 0.185. The van der Waals surface area contributed by atoms with E-state index in [1.165, 1.54) is 6.07 Å².